The summed E-state index contributed by atoms with van der Waals surface area (Å²) in [6.45, 7) is 9.45. The highest BCUT2D eigenvalue weighted by atomic mass is 32.1. The van der Waals surface area contributed by atoms with Crippen LogP contribution in [0.25, 0.3) is 0 Å². The first-order valence-electron chi connectivity index (χ1n) is 4.32. The maximum absolute atomic E-state index is 4.39. The van der Waals surface area contributed by atoms with E-state index in [2.05, 4.69) is 38.0 Å². The first-order valence-corrected chi connectivity index (χ1v) is 5.14. The first kappa shape index (κ1) is 9.68. The van der Waals surface area contributed by atoms with Gasteiger partial charge in [0.25, 0.3) is 0 Å². The number of thiazole rings is 1. The number of hydrogen-bond donors (Lipinski definition) is 1. The van der Waals surface area contributed by atoms with Crippen molar-refractivity contribution < 1.29 is 0 Å². The van der Waals surface area contributed by atoms with Crippen molar-refractivity contribution in [2.75, 3.05) is 6.54 Å². The monoisotopic (exact) mass is 184 g/mol. The first-order chi connectivity index (χ1) is 5.65. The maximum Gasteiger partial charge on any atom is 0.0900 e. The summed E-state index contributed by atoms with van der Waals surface area (Å²) in [7, 11) is 0. The molecule has 0 saturated heterocycles. The Morgan fingerprint density at radius 3 is 2.58 bits per heavy atom. The van der Waals surface area contributed by atoms with Crippen molar-refractivity contribution in [3.8, 4) is 0 Å². The van der Waals surface area contributed by atoms with Crippen LogP contribution in [0.2, 0.25) is 0 Å². The summed E-state index contributed by atoms with van der Waals surface area (Å²) in [5, 5.41) is 4.55. The average molecular weight is 184 g/mol. The molecule has 0 aromatic carbocycles. The zero-order chi connectivity index (χ0) is 9.14. The van der Waals surface area contributed by atoms with Crippen molar-refractivity contribution in [1.82, 2.24) is 10.3 Å². The Labute approximate surface area is 78.0 Å². The zero-order valence-electron chi connectivity index (χ0n) is 8.14. The quantitative estimate of drug-likeness (QED) is 0.780. The van der Waals surface area contributed by atoms with Crippen LogP contribution in [0.15, 0.2) is 0 Å². The lowest BCUT2D eigenvalue weighted by Crippen LogP contribution is -2.17. The number of nitrogens with one attached hydrogen (secondary N) is 1. The van der Waals surface area contributed by atoms with Gasteiger partial charge in [-0.15, -0.1) is 11.3 Å². The third-order valence-corrected chi connectivity index (χ3v) is 3.10. The minimum absolute atomic E-state index is 0.446. The largest absolute Gasteiger partial charge is 0.310 e. The molecule has 1 heterocycles. The Bertz CT molecular complexity index is 255. The van der Waals surface area contributed by atoms with Crippen LogP contribution in [0.4, 0.5) is 0 Å². The summed E-state index contributed by atoms with van der Waals surface area (Å²) in [5.41, 5.74) is 1.17. The standard InChI is InChI=1S/C9H16N2S/c1-5-10-6(2)9-7(3)11-8(4)12-9/h6,10H,5H2,1-4H3/t6-/m0/s1. The van der Waals surface area contributed by atoms with Gasteiger partial charge in [-0.05, 0) is 27.3 Å². The lowest BCUT2D eigenvalue weighted by atomic mass is 10.2. The molecule has 0 fully saturated rings. The Morgan fingerprint density at radius 1 is 1.50 bits per heavy atom. The van der Waals surface area contributed by atoms with Gasteiger partial charge >= 0.3 is 0 Å². The molecule has 1 N–H and O–H groups in total. The molecule has 1 rings (SSSR count). The van der Waals surface area contributed by atoms with Crippen LogP contribution < -0.4 is 5.32 Å². The Kier molecular flexibility index (Phi) is 3.23. The van der Waals surface area contributed by atoms with Crippen LogP contribution in [0.1, 0.15) is 35.5 Å². The highest BCUT2D eigenvalue weighted by Crippen LogP contribution is 2.23. The van der Waals surface area contributed by atoms with Crippen LogP contribution >= 0.6 is 11.3 Å². The van der Waals surface area contributed by atoms with Crippen LogP contribution in [-0.4, -0.2) is 11.5 Å². The topological polar surface area (TPSA) is 24.9 Å². The van der Waals surface area contributed by atoms with Crippen LogP contribution in [-0.2, 0) is 0 Å². The van der Waals surface area contributed by atoms with E-state index < -0.39 is 0 Å². The average Bonchev–Trinajstić information content (AvgIpc) is 2.30. The van der Waals surface area contributed by atoms with Crippen molar-refractivity contribution in [3.63, 3.8) is 0 Å². The van der Waals surface area contributed by atoms with Gasteiger partial charge in [-0.25, -0.2) is 4.98 Å². The van der Waals surface area contributed by atoms with Gasteiger partial charge in [0.2, 0.25) is 0 Å². The van der Waals surface area contributed by atoms with Gasteiger partial charge in [0.1, 0.15) is 0 Å². The van der Waals surface area contributed by atoms with Gasteiger partial charge in [0.05, 0.1) is 10.7 Å². The van der Waals surface area contributed by atoms with Crippen molar-refractivity contribution >= 4 is 11.3 Å². The van der Waals surface area contributed by atoms with Crippen LogP contribution in [0, 0.1) is 13.8 Å². The van der Waals surface area contributed by atoms with E-state index in [0.29, 0.717) is 6.04 Å². The van der Waals surface area contributed by atoms with E-state index in [0.717, 1.165) is 11.6 Å². The normalized spacial score (nSPS) is 13.3. The maximum atomic E-state index is 4.39. The van der Waals surface area contributed by atoms with E-state index in [9.17, 15) is 0 Å². The smallest absolute Gasteiger partial charge is 0.0900 e. The molecule has 12 heavy (non-hydrogen) atoms. The summed E-state index contributed by atoms with van der Waals surface area (Å²) in [5.74, 6) is 0. The Morgan fingerprint density at radius 2 is 2.17 bits per heavy atom. The predicted molar refractivity (Wildman–Crippen MR) is 53.7 cm³/mol. The number of rotatable bonds is 3. The Balaban J connectivity index is 2.79. The minimum Gasteiger partial charge on any atom is -0.310 e. The van der Waals surface area contributed by atoms with E-state index in [1.807, 2.05) is 0 Å². The van der Waals surface area contributed by atoms with Crippen molar-refractivity contribution in [2.24, 2.45) is 0 Å². The minimum atomic E-state index is 0.446. The third-order valence-electron chi connectivity index (χ3n) is 1.84. The molecule has 1 atom stereocenters. The summed E-state index contributed by atoms with van der Waals surface area (Å²) in [4.78, 5) is 5.76. The van der Waals surface area contributed by atoms with Gasteiger partial charge in [0.15, 0.2) is 0 Å². The summed E-state index contributed by atoms with van der Waals surface area (Å²) >= 11 is 1.79. The van der Waals surface area contributed by atoms with Crippen LogP contribution in [0.5, 0.6) is 0 Å². The van der Waals surface area contributed by atoms with Gasteiger partial charge in [-0.1, -0.05) is 6.92 Å². The molecule has 2 nitrogen and oxygen atoms in total. The number of aryl methyl sites for hydroxylation is 2. The van der Waals surface area contributed by atoms with Crippen molar-refractivity contribution in [2.45, 2.75) is 33.7 Å². The fourth-order valence-corrected chi connectivity index (χ4v) is 2.30. The zero-order valence-corrected chi connectivity index (χ0v) is 8.96. The van der Waals surface area contributed by atoms with Crippen molar-refractivity contribution in [1.29, 1.82) is 0 Å². The molecule has 0 aliphatic heterocycles. The van der Waals surface area contributed by atoms with Gasteiger partial charge < -0.3 is 5.32 Å². The lowest BCUT2D eigenvalue weighted by Gasteiger charge is -2.09. The molecular weight excluding hydrogens is 168 g/mol. The van der Waals surface area contributed by atoms with Gasteiger partial charge in [-0.2, -0.15) is 0 Å². The fourth-order valence-electron chi connectivity index (χ4n) is 1.35. The van der Waals surface area contributed by atoms with Crippen molar-refractivity contribution in [3.05, 3.63) is 15.6 Å². The van der Waals surface area contributed by atoms with E-state index in [1.165, 1.54) is 10.6 Å². The summed E-state index contributed by atoms with van der Waals surface area (Å²) in [6.07, 6.45) is 0. The second-order valence-corrected chi connectivity index (χ2v) is 4.20. The van der Waals surface area contributed by atoms with Crippen LogP contribution in [0.3, 0.4) is 0 Å². The lowest BCUT2D eigenvalue weighted by molar-refractivity contribution is 0.603. The fraction of sp³-hybridized carbons (Fsp3) is 0.667. The molecule has 1 aromatic heterocycles. The second-order valence-electron chi connectivity index (χ2n) is 2.96. The second kappa shape index (κ2) is 4.01. The molecule has 0 aliphatic rings. The van der Waals surface area contributed by atoms with Gasteiger partial charge in [0, 0.05) is 10.9 Å². The molecule has 0 aliphatic carbocycles. The van der Waals surface area contributed by atoms with Gasteiger partial charge in [-0.3, -0.25) is 0 Å². The molecule has 0 unspecified atom stereocenters. The molecule has 0 radical (unpaired) electrons. The molecule has 1 aromatic rings. The SMILES string of the molecule is CCN[C@@H](C)c1sc(C)nc1C. The van der Waals surface area contributed by atoms with E-state index in [1.54, 1.807) is 11.3 Å². The molecular formula is C9H16N2S. The molecule has 68 valence electrons. The number of hydrogen-bond acceptors (Lipinski definition) is 3. The highest BCUT2D eigenvalue weighted by molar-refractivity contribution is 7.11. The molecule has 0 amide bonds. The highest BCUT2D eigenvalue weighted by Gasteiger charge is 2.10. The number of nitrogens with zero attached hydrogens (tertiary/aromatic N) is 1. The number of aromatic nitrogens is 1. The molecule has 0 bridgehead atoms. The van der Waals surface area contributed by atoms with E-state index >= 15 is 0 Å². The van der Waals surface area contributed by atoms with E-state index in [-0.39, 0.29) is 0 Å². The third kappa shape index (κ3) is 2.05. The Hall–Kier alpha value is -0.410. The molecule has 0 spiro atoms. The predicted octanol–water partition coefficient (Wildman–Crippen LogP) is 2.43. The molecule has 3 heteroatoms. The molecule has 0 saturated carbocycles. The summed E-state index contributed by atoms with van der Waals surface area (Å²) in [6, 6.07) is 0.446. The van der Waals surface area contributed by atoms with E-state index in [4.69, 9.17) is 0 Å². The summed E-state index contributed by atoms with van der Waals surface area (Å²) < 4.78 is 0.